The largest absolute Gasteiger partial charge is 0.361 e. The molecule has 122 valence electrons. The fourth-order valence-corrected chi connectivity index (χ4v) is 1.72. The van der Waals surface area contributed by atoms with Crippen molar-refractivity contribution >= 4 is 29.9 Å². The summed E-state index contributed by atoms with van der Waals surface area (Å²) in [5, 5.41) is 10.6. The first-order valence-electron chi connectivity index (χ1n) is 7.39. The van der Waals surface area contributed by atoms with Gasteiger partial charge in [0.1, 0.15) is 5.76 Å². The average Bonchev–Trinajstić information content (AvgIpc) is 2.72. The van der Waals surface area contributed by atoms with Crippen LogP contribution in [0.2, 0.25) is 0 Å². The van der Waals surface area contributed by atoms with Crippen LogP contribution < -0.4 is 10.6 Å². The number of aryl methyl sites for hydroxylation is 2. The van der Waals surface area contributed by atoms with E-state index in [1.165, 1.54) is 0 Å². The summed E-state index contributed by atoms with van der Waals surface area (Å²) >= 11 is 0. The molecule has 1 unspecified atom stereocenters. The molecular weight excluding hydrogens is 379 g/mol. The summed E-state index contributed by atoms with van der Waals surface area (Å²) in [5.74, 6) is 2.96. The van der Waals surface area contributed by atoms with E-state index in [-0.39, 0.29) is 24.0 Å². The van der Waals surface area contributed by atoms with Crippen LogP contribution in [0.15, 0.2) is 9.52 Å². The second-order valence-electron chi connectivity index (χ2n) is 5.60. The van der Waals surface area contributed by atoms with E-state index in [0.29, 0.717) is 18.4 Å². The van der Waals surface area contributed by atoms with E-state index in [9.17, 15) is 0 Å². The summed E-state index contributed by atoms with van der Waals surface area (Å²) in [7, 11) is 0. The second kappa shape index (κ2) is 10.0. The van der Waals surface area contributed by atoms with Gasteiger partial charge in [-0.15, -0.1) is 24.0 Å². The number of rotatable bonds is 6. The van der Waals surface area contributed by atoms with Crippen molar-refractivity contribution in [2.24, 2.45) is 16.8 Å². The minimum absolute atomic E-state index is 0. The fraction of sp³-hybridized carbons (Fsp3) is 0.733. The molecule has 0 aliphatic heterocycles. The van der Waals surface area contributed by atoms with Gasteiger partial charge in [-0.2, -0.15) is 0 Å². The molecule has 6 heteroatoms. The zero-order valence-corrected chi connectivity index (χ0v) is 16.3. The third-order valence-corrected chi connectivity index (χ3v) is 3.65. The Morgan fingerprint density at radius 3 is 2.38 bits per heavy atom. The summed E-state index contributed by atoms with van der Waals surface area (Å²) in [6.45, 7) is 15.0. The lowest BCUT2D eigenvalue weighted by molar-refractivity contribution is 0.392. The molecule has 0 bridgehead atoms. The minimum atomic E-state index is 0. The number of aromatic nitrogens is 1. The Morgan fingerprint density at radius 1 is 1.24 bits per heavy atom. The minimum Gasteiger partial charge on any atom is -0.361 e. The van der Waals surface area contributed by atoms with E-state index in [0.717, 1.165) is 36.1 Å². The first-order chi connectivity index (χ1) is 9.45. The molecule has 1 heterocycles. The van der Waals surface area contributed by atoms with Crippen molar-refractivity contribution in [1.29, 1.82) is 0 Å². The second-order valence-corrected chi connectivity index (χ2v) is 5.60. The monoisotopic (exact) mass is 408 g/mol. The molecule has 0 spiro atoms. The van der Waals surface area contributed by atoms with Gasteiger partial charge < -0.3 is 15.2 Å². The van der Waals surface area contributed by atoms with Gasteiger partial charge in [-0.05, 0) is 32.6 Å². The highest BCUT2D eigenvalue weighted by Gasteiger charge is 2.10. The summed E-state index contributed by atoms with van der Waals surface area (Å²) in [5.41, 5.74) is 1.98. The maximum absolute atomic E-state index is 5.16. The molecule has 0 radical (unpaired) electrons. The van der Waals surface area contributed by atoms with Crippen molar-refractivity contribution in [2.45, 2.75) is 48.1 Å². The van der Waals surface area contributed by atoms with Crippen LogP contribution in [0.5, 0.6) is 0 Å². The van der Waals surface area contributed by atoms with E-state index in [1.54, 1.807) is 0 Å². The molecule has 1 atom stereocenters. The Labute approximate surface area is 145 Å². The topological polar surface area (TPSA) is 62.5 Å². The first kappa shape index (κ1) is 20.2. The van der Waals surface area contributed by atoms with Crippen LogP contribution in [-0.4, -0.2) is 24.2 Å². The van der Waals surface area contributed by atoms with Gasteiger partial charge in [0.2, 0.25) is 0 Å². The SMILES string of the molecule is CCNC(=NCc1c(C)noc1C)NCC(C)C(C)C.I. The lowest BCUT2D eigenvalue weighted by atomic mass is 9.98. The number of guanidine groups is 1. The van der Waals surface area contributed by atoms with Gasteiger partial charge in [-0.3, -0.25) is 0 Å². The average molecular weight is 408 g/mol. The molecule has 0 aliphatic rings. The lowest BCUT2D eigenvalue weighted by Gasteiger charge is -2.18. The van der Waals surface area contributed by atoms with Crippen LogP contribution >= 0.6 is 24.0 Å². The molecule has 1 rings (SSSR count). The van der Waals surface area contributed by atoms with E-state index in [4.69, 9.17) is 4.52 Å². The summed E-state index contributed by atoms with van der Waals surface area (Å²) in [4.78, 5) is 4.60. The van der Waals surface area contributed by atoms with Crippen LogP contribution in [0.3, 0.4) is 0 Å². The van der Waals surface area contributed by atoms with Crippen molar-refractivity contribution in [3.63, 3.8) is 0 Å². The molecule has 0 aliphatic carbocycles. The number of aliphatic imine (C=N–C) groups is 1. The molecule has 2 N–H and O–H groups in total. The zero-order valence-electron chi connectivity index (χ0n) is 14.0. The van der Waals surface area contributed by atoms with Crippen molar-refractivity contribution in [1.82, 2.24) is 15.8 Å². The van der Waals surface area contributed by atoms with Gasteiger partial charge in [0.05, 0.1) is 12.2 Å². The van der Waals surface area contributed by atoms with Crippen LogP contribution in [0, 0.1) is 25.7 Å². The van der Waals surface area contributed by atoms with Gasteiger partial charge in [0.15, 0.2) is 5.96 Å². The third kappa shape index (κ3) is 6.67. The predicted molar refractivity (Wildman–Crippen MR) is 98.2 cm³/mol. The number of halogens is 1. The van der Waals surface area contributed by atoms with Gasteiger partial charge >= 0.3 is 0 Å². The maximum atomic E-state index is 5.16. The van der Waals surface area contributed by atoms with Crippen LogP contribution in [0.4, 0.5) is 0 Å². The van der Waals surface area contributed by atoms with Crippen molar-refractivity contribution in [3.8, 4) is 0 Å². The number of nitrogens with one attached hydrogen (secondary N) is 2. The zero-order chi connectivity index (χ0) is 15.1. The van der Waals surface area contributed by atoms with Crippen molar-refractivity contribution < 1.29 is 4.52 Å². The number of nitrogens with zero attached hydrogens (tertiary/aromatic N) is 2. The van der Waals surface area contributed by atoms with Gasteiger partial charge in [0, 0.05) is 18.7 Å². The molecule has 0 saturated heterocycles. The Morgan fingerprint density at radius 2 is 1.90 bits per heavy atom. The number of hydrogen-bond donors (Lipinski definition) is 2. The smallest absolute Gasteiger partial charge is 0.191 e. The molecule has 0 aromatic carbocycles. The molecule has 21 heavy (non-hydrogen) atoms. The van der Waals surface area contributed by atoms with E-state index >= 15 is 0 Å². The van der Waals surface area contributed by atoms with Gasteiger partial charge in [0.25, 0.3) is 0 Å². The van der Waals surface area contributed by atoms with Crippen molar-refractivity contribution in [2.75, 3.05) is 13.1 Å². The third-order valence-electron chi connectivity index (χ3n) is 3.65. The molecule has 0 saturated carbocycles. The Hall–Kier alpha value is -0.790. The predicted octanol–water partition coefficient (Wildman–Crippen LogP) is 3.26. The van der Waals surface area contributed by atoms with Gasteiger partial charge in [-0.25, -0.2) is 4.99 Å². The fourth-order valence-electron chi connectivity index (χ4n) is 1.72. The van der Waals surface area contributed by atoms with Crippen LogP contribution in [0.1, 0.15) is 44.7 Å². The van der Waals surface area contributed by atoms with Crippen LogP contribution in [-0.2, 0) is 6.54 Å². The standard InChI is InChI=1S/C15H28N4O.HI/c1-7-16-15(17-8-11(4)10(2)3)18-9-14-12(5)19-20-13(14)6;/h10-11H,7-9H2,1-6H3,(H2,16,17,18);1H. The first-order valence-corrected chi connectivity index (χ1v) is 7.39. The Bertz CT molecular complexity index is 423. The van der Waals surface area contributed by atoms with Crippen LogP contribution in [0.25, 0.3) is 0 Å². The molecular formula is C15H29IN4O. The van der Waals surface area contributed by atoms with Crippen molar-refractivity contribution in [3.05, 3.63) is 17.0 Å². The summed E-state index contributed by atoms with van der Waals surface area (Å²) in [6.07, 6.45) is 0. The summed E-state index contributed by atoms with van der Waals surface area (Å²) in [6, 6.07) is 0. The molecule has 1 aromatic rings. The highest BCUT2D eigenvalue weighted by Crippen LogP contribution is 2.13. The maximum Gasteiger partial charge on any atom is 0.191 e. The number of hydrogen-bond acceptors (Lipinski definition) is 3. The molecule has 5 nitrogen and oxygen atoms in total. The van der Waals surface area contributed by atoms with E-state index in [1.807, 2.05) is 13.8 Å². The van der Waals surface area contributed by atoms with Gasteiger partial charge in [-0.1, -0.05) is 25.9 Å². The Balaban J connectivity index is 0.00000400. The quantitative estimate of drug-likeness (QED) is 0.431. The normalized spacial score (nSPS) is 13.0. The Kier molecular flexibility index (Phi) is 9.65. The molecule has 0 fully saturated rings. The summed E-state index contributed by atoms with van der Waals surface area (Å²) < 4.78 is 5.16. The highest BCUT2D eigenvalue weighted by molar-refractivity contribution is 14.0. The highest BCUT2D eigenvalue weighted by atomic mass is 127. The molecule has 0 amide bonds. The van der Waals surface area contributed by atoms with E-state index in [2.05, 4.69) is 48.5 Å². The lowest BCUT2D eigenvalue weighted by Crippen LogP contribution is -2.40. The molecule has 1 aromatic heterocycles. The van der Waals surface area contributed by atoms with E-state index < -0.39 is 0 Å².